The minimum absolute atomic E-state index is 0.679. The molecule has 0 aliphatic rings. The van der Waals surface area contributed by atoms with Crippen LogP contribution in [0.4, 0.5) is 0 Å². The lowest BCUT2D eigenvalue weighted by Crippen LogP contribution is -2.24. The van der Waals surface area contributed by atoms with E-state index in [4.69, 9.17) is 0 Å². The number of aryl methyl sites for hydroxylation is 3. The summed E-state index contributed by atoms with van der Waals surface area (Å²) in [6.45, 7) is 7.58. The lowest BCUT2D eigenvalue weighted by molar-refractivity contribution is 0.464. The number of hydrogen-bond donors (Lipinski definition) is 1. The molecule has 3 nitrogen and oxygen atoms in total. The summed E-state index contributed by atoms with van der Waals surface area (Å²) in [6.07, 6.45) is 7.25. The number of nitrogens with zero attached hydrogens (tertiary/aromatic N) is 2. The zero-order valence-electron chi connectivity index (χ0n) is 12.5. The van der Waals surface area contributed by atoms with E-state index in [2.05, 4.69) is 49.0 Å². The Morgan fingerprint density at radius 3 is 2.61 bits per heavy atom. The van der Waals surface area contributed by atoms with Crippen LogP contribution < -0.4 is 5.32 Å². The van der Waals surface area contributed by atoms with Crippen LogP contribution in [0.5, 0.6) is 0 Å². The van der Waals surface area contributed by atoms with E-state index in [0.29, 0.717) is 6.04 Å². The molecule has 0 fully saturated rings. The molecule has 0 saturated carbocycles. The first kappa shape index (κ1) is 15.2. The van der Waals surface area contributed by atoms with E-state index in [1.807, 2.05) is 0 Å². The molecule has 0 saturated heterocycles. The van der Waals surface area contributed by atoms with Gasteiger partial charge in [-0.15, -0.1) is 0 Å². The minimum atomic E-state index is 0.679. The number of rotatable bonds is 9. The van der Waals surface area contributed by atoms with Gasteiger partial charge in [-0.3, -0.25) is 4.68 Å². The van der Waals surface area contributed by atoms with E-state index < -0.39 is 0 Å². The van der Waals surface area contributed by atoms with Crippen molar-refractivity contribution in [2.45, 2.75) is 71.9 Å². The van der Waals surface area contributed by atoms with Gasteiger partial charge in [-0.1, -0.05) is 20.3 Å². The highest BCUT2D eigenvalue weighted by atomic mass is 15.3. The minimum Gasteiger partial charge on any atom is -0.317 e. The molecule has 0 radical (unpaired) electrons. The van der Waals surface area contributed by atoms with Crippen LogP contribution in [0.2, 0.25) is 0 Å². The van der Waals surface area contributed by atoms with Gasteiger partial charge in [-0.2, -0.15) is 5.10 Å². The monoisotopic (exact) mass is 251 g/mol. The van der Waals surface area contributed by atoms with Crippen LogP contribution >= 0.6 is 0 Å². The van der Waals surface area contributed by atoms with Crippen LogP contribution in [0, 0.1) is 0 Å². The molecular weight excluding hydrogens is 222 g/mol. The summed E-state index contributed by atoms with van der Waals surface area (Å²) in [4.78, 5) is 0. The maximum atomic E-state index is 4.60. The van der Waals surface area contributed by atoms with Gasteiger partial charge in [-0.05, 0) is 52.1 Å². The first-order valence-corrected chi connectivity index (χ1v) is 7.47. The molecule has 18 heavy (non-hydrogen) atoms. The van der Waals surface area contributed by atoms with Crippen molar-refractivity contribution in [3.05, 3.63) is 17.5 Å². The summed E-state index contributed by atoms with van der Waals surface area (Å²) in [5.41, 5.74) is 2.63. The molecule has 0 aliphatic carbocycles. The molecule has 1 unspecified atom stereocenters. The van der Waals surface area contributed by atoms with Gasteiger partial charge in [0.15, 0.2) is 0 Å². The molecule has 1 atom stereocenters. The first-order chi connectivity index (χ1) is 8.74. The Morgan fingerprint density at radius 1 is 1.28 bits per heavy atom. The predicted molar refractivity (Wildman–Crippen MR) is 78.0 cm³/mol. The molecular formula is C15H29N3. The van der Waals surface area contributed by atoms with Crippen molar-refractivity contribution >= 4 is 0 Å². The Bertz CT molecular complexity index is 330. The summed E-state index contributed by atoms with van der Waals surface area (Å²) in [5.74, 6) is 0. The van der Waals surface area contributed by atoms with Crippen molar-refractivity contribution in [3.8, 4) is 0 Å². The molecule has 0 amide bonds. The molecule has 0 aromatic carbocycles. The average Bonchev–Trinajstić information content (AvgIpc) is 2.80. The molecule has 1 heterocycles. The fraction of sp³-hybridized carbons (Fsp3) is 0.800. The highest BCUT2D eigenvalue weighted by Crippen LogP contribution is 2.12. The largest absolute Gasteiger partial charge is 0.317 e. The topological polar surface area (TPSA) is 29.9 Å². The second-order valence-corrected chi connectivity index (χ2v) is 4.96. The van der Waals surface area contributed by atoms with Crippen molar-refractivity contribution in [1.82, 2.24) is 15.1 Å². The molecule has 1 aromatic rings. The molecule has 0 aliphatic heterocycles. The van der Waals surface area contributed by atoms with Crippen molar-refractivity contribution < 1.29 is 0 Å². The molecule has 1 aromatic heterocycles. The van der Waals surface area contributed by atoms with Crippen molar-refractivity contribution in [1.29, 1.82) is 0 Å². The van der Waals surface area contributed by atoms with Crippen LogP contribution in [-0.4, -0.2) is 22.9 Å². The van der Waals surface area contributed by atoms with Crippen molar-refractivity contribution in [2.75, 3.05) is 7.05 Å². The number of nitrogens with one attached hydrogen (secondary N) is 1. The quantitative estimate of drug-likeness (QED) is 0.730. The summed E-state index contributed by atoms with van der Waals surface area (Å²) in [5, 5.41) is 8.01. The van der Waals surface area contributed by atoms with Gasteiger partial charge in [-0.25, -0.2) is 0 Å². The van der Waals surface area contributed by atoms with Crippen LogP contribution in [-0.2, 0) is 19.4 Å². The first-order valence-electron chi connectivity index (χ1n) is 7.47. The van der Waals surface area contributed by atoms with Gasteiger partial charge in [0, 0.05) is 18.3 Å². The van der Waals surface area contributed by atoms with Crippen LogP contribution in [0.3, 0.4) is 0 Å². The van der Waals surface area contributed by atoms with E-state index in [0.717, 1.165) is 19.4 Å². The van der Waals surface area contributed by atoms with E-state index in [9.17, 15) is 0 Å². The third-order valence-electron chi connectivity index (χ3n) is 3.61. The maximum Gasteiger partial charge on any atom is 0.0624 e. The zero-order chi connectivity index (χ0) is 13.4. The van der Waals surface area contributed by atoms with E-state index in [1.165, 1.54) is 37.1 Å². The van der Waals surface area contributed by atoms with Crippen molar-refractivity contribution in [3.63, 3.8) is 0 Å². The Kier molecular flexibility index (Phi) is 7.02. The van der Waals surface area contributed by atoms with Gasteiger partial charge in [0.2, 0.25) is 0 Å². The third kappa shape index (κ3) is 4.45. The van der Waals surface area contributed by atoms with Gasteiger partial charge >= 0.3 is 0 Å². The normalized spacial score (nSPS) is 12.9. The Balaban J connectivity index is 2.44. The van der Waals surface area contributed by atoms with E-state index in [-0.39, 0.29) is 0 Å². The lowest BCUT2D eigenvalue weighted by Gasteiger charge is -2.14. The van der Waals surface area contributed by atoms with Gasteiger partial charge in [0.1, 0.15) is 0 Å². The molecule has 0 spiro atoms. The fourth-order valence-electron chi connectivity index (χ4n) is 2.47. The van der Waals surface area contributed by atoms with Gasteiger partial charge in [0.05, 0.1) is 5.69 Å². The summed E-state index contributed by atoms with van der Waals surface area (Å²) < 4.78 is 2.16. The molecule has 0 bridgehead atoms. The summed E-state index contributed by atoms with van der Waals surface area (Å²) in [7, 11) is 2.08. The predicted octanol–water partition coefficient (Wildman–Crippen LogP) is 3.18. The smallest absolute Gasteiger partial charge is 0.0624 e. The lowest BCUT2D eigenvalue weighted by atomic mass is 10.0. The highest BCUT2D eigenvalue weighted by Gasteiger charge is 2.08. The van der Waals surface area contributed by atoms with Gasteiger partial charge < -0.3 is 5.32 Å². The number of hydrogen-bond acceptors (Lipinski definition) is 2. The van der Waals surface area contributed by atoms with Crippen LogP contribution in [0.25, 0.3) is 0 Å². The van der Waals surface area contributed by atoms with E-state index >= 15 is 0 Å². The number of aromatic nitrogens is 2. The van der Waals surface area contributed by atoms with E-state index in [1.54, 1.807) is 0 Å². The molecule has 1 rings (SSSR count). The Morgan fingerprint density at radius 2 is 2.06 bits per heavy atom. The summed E-state index contributed by atoms with van der Waals surface area (Å²) >= 11 is 0. The third-order valence-corrected chi connectivity index (χ3v) is 3.61. The second-order valence-electron chi connectivity index (χ2n) is 4.96. The Hall–Kier alpha value is -0.830. The highest BCUT2D eigenvalue weighted by molar-refractivity contribution is 5.10. The second kappa shape index (κ2) is 8.30. The Labute approximate surface area is 112 Å². The zero-order valence-corrected chi connectivity index (χ0v) is 12.5. The maximum absolute atomic E-state index is 4.60. The SMILES string of the molecule is CCCC(CCCc1cc(CC)nn1CC)NC. The standard InChI is InChI=1S/C15H29N3/c1-5-9-14(16-4)10-8-11-15-12-13(6-2)17-18(15)7-3/h12,14,16H,5-11H2,1-4H3. The van der Waals surface area contributed by atoms with Gasteiger partial charge in [0.25, 0.3) is 0 Å². The summed E-state index contributed by atoms with van der Waals surface area (Å²) in [6, 6.07) is 2.95. The molecule has 104 valence electrons. The van der Waals surface area contributed by atoms with Crippen molar-refractivity contribution in [2.24, 2.45) is 0 Å². The molecule has 1 N–H and O–H groups in total. The molecule has 3 heteroatoms. The fourth-order valence-corrected chi connectivity index (χ4v) is 2.47. The average molecular weight is 251 g/mol. The van der Waals surface area contributed by atoms with Crippen LogP contribution in [0.15, 0.2) is 6.07 Å². The van der Waals surface area contributed by atoms with Crippen LogP contribution in [0.1, 0.15) is 57.8 Å².